The number of rotatable bonds is 3. The van der Waals surface area contributed by atoms with Crippen LogP contribution in [0.15, 0.2) is 18.2 Å². The van der Waals surface area contributed by atoms with Crippen molar-refractivity contribution >= 4 is 17.5 Å². The Bertz CT molecular complexity index is 455. The minimum Gasteiger partial charge on any atom is -0.350 e. The SMILES string of the molecule is Cc1cc(Cl)cc(C(=O)NCC(C)(C)C#N)c1. The molecular formula is C13H15ClN2O. The molecule has 1 rings (SSSR count). The van der Waals surface area contributed by atoms with Gasteiger partial charge in [0, 0.05) is 17.1 Å². The predicted octanol–water partition coefficient (Wildman–Crippen LogP) is 2.93. The van der Waals surface area contributed by atoms with Gasteiger partial charge in [0.2, 0.25) is 0 Å². The van der Waals surface area contributed by atoms with E-state index in [-0.39, 0.29) is 5.91 Å². The molecule has 3 nitrogen and oxygen atoms in total. The summed E-state index contributed by atoms with van der Waals surface area (Å²) in [7, 11) is 0. The maximum Gasteiger partial charge on any atom is 0.251 e. The zero-order valence-electron chi connectivity index (χ0n) is 10.2. The van der Waals surface area contributed by atoms with Gasteiger partial charge in [0.25, 0.3) is 5.91 Å². The standard InChI is InChI=1S/C13H15ClN2O/c1-9-4-10(6-11(14)5-9)12(17)16-8-13(2,3)7-15/h4-6H,8H2,1-3H3,(H,16,17). The van der Waals surface area contributed by atoms with Gasteiger partial charge in [-0.25, -0.2) is 0 Å². The van der Waals surface area contributed by atoms with E-state index >= 15 is 0 Å². The van der Waals surface area contributed by atoms with E-state index in [9.17, 15) is 4.79 Å². The Kier molecular flexibility index (Phi) is 4.14. The second-order valence-corrected chi connectivity index (χ2v) is 5.13. The molecule has 0 unspecified atom stereocenters. The van der Waals surface area contributed by atoms with Crippen LogP contribution >= 0.6 is 11.6 Å². The molecule has 1 aromatic rings. The minimum atomic E-state index is -0.566. The third kappa shape index (κ3) is 4.08. The summed E-state index contributed by atoms with van der Waals surface area (Å²) in [6.07, 6.45) is 0. The van der Waals surface area contributed by atoms with Crippen LogP contribution in [-0.4, -0.2) is 12.5 Å². The second kappa shape index (κ2) is 5.20. The second-order valence-electron chi connectivity index (χ2n) is 4.70. The van der Waals surface area contributed by atoms with Crippen molar-refractivity contribution in [2.24, 2.45) is 5.41 Å². The number of nitrogens with zero attached hydrogens (tertiary/aromatic N) is 1. The number of benzene rings is 1. The lowest BCUT2D eigenvalue weighted by atomic mass is 9.96. The molecule has 4 heteroatoms. The van der Waals surface area contributed by atoms with E-state index in [1.54, 1.807) is 32.0 Å². The Balaban J connectivity index is 2.75. The maximum absolute atomic E-state index is 11.8. The van der Waals surface area contributed by atoms with E-state index in [1.165, 1.54) is 0 Å². The molecule has 0 heterocycles. The highest BCUT2D eigenvalue weighted by atomic mass is 35.5. The van der Waals surface area contributed by atoms with Gasteiger partial charge >= 0.3 is 0 Å². The fourth-order valence-corrected chi connectivity index (χ4v) is 1.60. The lowest BCUT2D eigenvalue weighted by Gasteiger charge is -2.15. The largest absolute Gasteiger partial charge is 0.350 e. The van der Waals surface area contributed by atoms with Crippen LogP contribution in [0.3, 0.4) is 0 Å². The molecule has 0 aromatic heterocycles. The van der Waals surface area contributed by atoms with Crippen molar-refractivity contribution in [2.45, 2.75) is 20.8 Å². The van der Waals surface area contributed by atoms with Crippen LogP contribution in [0.4, 0.5) is 0 Å². The first kappa shape index (κ1) is 13.5. The molecule has 17 heavy (non-hydrogen) atoms. The number of hydrogen-bond donors (Lipinski definition) is 1. The van der Waals surface area contributed by atoms with E-state index < -0.39 is 5.41 Å². The number of nitriles is 1. The van der Waals surface area contributed by atoms with Gasteiger partial charge in [-0.05, 0) is 44.5 Å². The smallest absolute Gasteiger partial charge is 0.251 e. The van der Waals surface area contributed by atoms with E-state index in [2.05, 4.69) is 11.4 Å². The summed E-state index contributed by atoms with van der Waals surface area (Å²) in [5, 5.41) is 12.1. The Morgan fingerprint density at radius 1 is 1.47 bits per heavy atom. The van der Waals surface area contributed by atoms with E-state index in [0.717, 1.165) is 5.56 Å². The fourth-order valence-electron chi connectivity index (χ4n) is 1.31. The van der Waals surface area contributed by atoms with Crippen LogP contribution in [0.25, 0.3) is 0 Å². The molecule has 0 saturated heterocycles. The lowest BCUT2D eigenvalue weighted by molar-refractivity contribution is 0.0943. The van der Waals surface area contributed by atoms with Gasteiger partial charge in [-0.1, -0.05) is 11.6 Å². The molecule has 90 valence electrons. The Morgan fingerprint density at radius 2 is 2.12 bits per heavy atom. The summed E-state index contributed by atoms with van der Waals surface area (Å²) in [6.45, 7) is 5.74. The molecule has 1 aromatic carbocycles. The number of nitrogens with one attached hydrogen (secondary N) is 1. The van der Waals surface area contributed by atoms with Gasteiger partial charge in [0.15, 0.2) is 0 Å². The van der Waals surface area contributed by atoms with Crippen molar-refractivity contribution in [3.63, 3.8) is 0 Å². The van der Waals surface area contributed by atoms with Crippen molar-refractivity contribution < 1.29 is 4.79 Å². The van der Waals surface area contributed by atoms with Crippen LogP contribution in [0.5, 0.6) is 0 Å². The number of aryl methyl sites for hydroxylation is 1. The summed E-state index contributed by atoms with van der Waals surface area (Å²) in [5.74, 6) is -0.209. The highest BCUT2D eigenvalue weighted by Gasteiger charge is 2.18. The third-order valence-corrected chi connectivity index (χ3v) is 2.52. The van der Waals surface area contributed by atoms with Gasteiger partial charge < -0.3 is 5.32 Å². The maximum atomic E-state index is 11.8. The summed E-state index contributed by atoms with van der Waals surface area (Å²) in [4.78, 5) is 11.8. The molecule has 0 aliphatic heterocycles. The zero-order chi connectivity index (χ0) is 13.1. The van der Waals surface area contributed by atoms with E-state index in [1.807, 2.05) is 6.92 Å². The molecule has 0 aliphatic carbocycles. The number of hydrogen-bond acceptors (Lipinski definition) is 2. The number of halogens is 1. The Labute approximate surface area is 106 Å². The lowest BCUT2D eigenvalue weighted by Crippen LogP contribution is -2.33. The monoisotopic (exact) mass is 250 g/mol. The number of carbonyl (C=O) groups excluding carboxylic acids is 1. The molecule has 0 spiro atoms. The summed E-state index contributed by atoms with van der Waals surface area (Å²) >= 11 is 5.88. The molecule has 0 bridgehead atoms. The van der Waals surface area contributed by atoms with Crippen molar-refractivity contribution in [1.82, 2.24) is 5.32 Å². The van der Waals surface area contributed by atoms with Gasteiger partial charge in [0.05, 0.1) is 11.5 Å². The average Bonchev–Trinajstić information content (AvgIpc) is 2.24. The Hall–Kier alpha value is -1.53. The van der Waals surface area contributed by atoms with Crippen molar-refractivity contribution in [1.29, 1.82) is 5.26 Å². The van der Waals surface area contributed by atoms with Crippen LogP contribution in [-0.2, 0) is 0 Å². The third-order valence-electron chi connectivity index (χ3n) is 2.30. The molecule has 0 saturated carbocycles. The van der Waals surface area contributed by atoms with Crippen molar-refractivity contribution in [3.05, 3.63) is 34.3 Å². The first-order valence-electron chi connectivity index (χ1n) is 5.31. The number of amides is 1. The molecule has 0 aliphatic rings. The first-order valence-corrected chi connectivity index (χ1v) is 5.68. The predicted molar refractivity (Wildman–Crippen MR) is 67.9 cm³/mol. The number of carbonyl (C=O) groups is 1. The quantitative estimate of drug-likeness (QED) is 0.897. The molecular weight excluding hydrogens is 236 g/mol. The van der Waals surface area contributed by atoms with Crippen molar-refractivity contribution in [3.8, 4) is 6.07 Å². The first-order chi connectivity index (χ1) is 7.84. The highest BCUT2D eigenvalue weighted by Crippen LogP contribution is 2.15. The molecule has 1 amide bonds. The molecule has 0 atom stereocenters. The van der Waals surface area contributed by atoms with Crippen molar-refractivity contribution in [2.75, 3.05) is 6.54 Å². The average molecular weight is 251 g/mol. The fraction of sp³-hybridized carbons (Fsp3) is 0.385. The van der Waals surface area contributed by atoms with Crippen LogP contribution in [0, 0.1) is 23.7 Å². The zero-order valence-corrected chi connectivity index (χ0v) is 10.9. The Morgan fingerprint density at radius 3 is 2.65 bits per heavy atom. The van der Waals surface area contributed by atoms with Gasteiger partial charge in [0.1, 0.15) is 0 Å². The van der Waals surface area contributed by atoms with E-state index in [4.69, 9.17) is 16.9 Å². The van der Waals surface area contributed by atoms with Gasteiger partial charge in [-0.2, -0.15) is 5.26 Å². The highest BCUT2D eigenvalue weighted by molar-refractivity contribution is 6.31. The van der Waals surface area contributed by atoms with Gasteiger partial charge in [-0.3, -0.25) is 4.79 Å². The summed E-state index contributed by atoms with van der Waals surface area (Å²) in [6, 6.07) is 7.30. The minimum absolute atomic E-state index is 0.209. The molecule has 0 fully saturated rings. The van der Waals surface area contributed by atoms with Crippen LogP contribution in [0.1, 0.15) is 29.8 Å². The molecule has 0 radical (unpaired) electrons. The topological polar surface area (TPSA) is 52.9 Å². The van der Waals surface area contributed by atoms with E-state index in [0.29, 0.717) is 17.1 Å². The normalized spacial score (nSPS) is 10.8. The van der Waals surface area contributed by atoms with Crippen LogP contribution < -0.4 is 5.32 Å². The van der Waals surface area contributed by atoms with Gasteiger partial charge in [-0.15, -0.1) is 0 Å². The summed E-state index contributed by atoms with van der Waals surface area (Å²) in [5.41, 5.74) is 0.884. The van der Waals surface area contributed by atoms with Crippen LogP contribution in [0.2, 0.25) is 5.02 Å². The molecule has 1 N–H and O–H groups in total. The summed E-state index contributed by atoms with van der Waals surface area (Å²) < 4.78 is 0.